The van der Waals surface area contributed by atoms with Crippen molar-refractivity contribution in [3.63, 3.8) is 0 Å². The van der Waals surface area contributed by atoms with Gasteiger partial charge in [-0.3, -0.25) is 0 Å². The highest BCUT2D eigenvalue weighted by molar-refractivity contribution is 6.31. The first-order valence-electron chi connectivity index (χ1n) is 3.10. The van der Waals surface area contributed by atoms with Crippen LogP contribution in [-0.4, -0.2) is 6.04 Å². The van der Waals surface area contributed by atoms with Gasteiger partial charge in [-0.25, -0.2) is 0 Å². The Balaban J connectivity index is 3.81. The average molecular weight is 161 g/mol. The molecule has 2 nitrogen and oxygen atoms in total. The molecule has 0 aromatic carbocycles. The number of nitrogens with one attached hydrogen (secondary N) is 1. The molecule has 0 aromatic heterocycles. The second-order valence-electron chi connectivity index (χ2n) is 2.34. The topological polar surface area (TPSA) is 38.0 Å². The molecule has 0 spiro atoms. The van der Waals surface area contributed by atoms with Crippen LogP contribution in [0.1, 0.15) is 13.8 Å². The molecule has 58 valence electrons. The van der Waals surface area contributed by atoms with Crippen LogP contribution in [0.15, 0.2) is 23.5 Å². The Morgan fingerprint density at radius 3 is 2.50 bits per heavy atom. The molecular formula is C7H13ClN2. The van der Waals surface area contributed by atoms with E-state index >= 15 is 0 Å². The number of halogens is 1. The molecule has 0 aromatic rings. The zero-order chi connectivity index (χ0) is 8.15. The molecule has 0 amide bonds. The molecule has 0 fully saturated rings. The van der Waals surface area contributed by atoms with Gasteiger partial charge in [-0.2, -0.15) is 0 Å². The van der Waals surface area contributed by atoms with E-state index in [1.54, 1.807) is 6.20 Å². The Kier molecular flexibility index (Phi) is 3.96. The van der Waals surface area contributed by atoms with Gasteiger partial charge in [-0.1, -0.05) is 18.2 Å². The van der Waals surface area contributed by atoms with Crippen molar-refractivity contribution in [1.82, 2.24) is 5.32 Å². The summed E-state index contributed by atoms with van der Waals surface area (Å²) >= 11 is 5.63. The van der Waals surface area contributed by atoms with E-state index in [0.29, 0.717) is 16.8 Å². The summed E-state index contributed by atoms with van der Waals surface area (Å²) in [5.74, 6) is 0. The van der Waals surface area contributed by atoms with Crippen LogP contribution in [0.3, 0.4) is 0 Å². The number of nitrogens with two attached hydrogens (primary N) is 1. The largest absolute Gasteiger partial charge is 0.398 e. The third-order valence-electron chi connectivity index (χ3n) is 0.850. The summed E-state index contributed by atoms with van der Waals surface area (Å²) in [6, 6.07) is 0.369. The van der Waals surface area contributed by atoms with Gasteiger partial charge in [0.05, 0.1) is 5.03 Å². The van der Waals surface area contributed by atoms with Crippen molar-refractivity contribution in [3.05, 3.63) is 23.5 Å². The predicted molar refractivity (Wildman–Crippen MR) is 45.5 cm³/mol. The van der Waals surface area contributed by atoms with Gasteiger partial charge in [0.25, 0.3) is 0 Å². The van der Waals surface area contributed by atoms with E-state index in [0.717, 1.165) is 0 Å². The quantitative estimate of drug-likeness (QED) is 0.615. The summed E-state index contributed by atoms with van der Waals surface area (Å²) in [4.78, 5) is 0. The van der Waals surface area contributed by atoms with Gasteiger partial charge in [-0.15, -0.1) is 0 Å². The first-order valence-corrected chi connectivity index (χ1v) is 3.48. The maximum absolute atomic E-state index is 5.63. The fourth-order valence-electron chi connectivity index (χ4n) is 0.333. The smallest absolute Gasteiger partial charge is 0.0785 e. The van der Waals surface area contributed by atoms with Crippen LogP contribution in [0.4, 0.5) is 0 Å². The highest BCUT2D eigenvalue weighted by Gasteiger charge is 1.92. The van der Waals surface area contributed by atoms with Gasteiger partial charge in [0.2, 0.25) is 0 Å². The molecule has 0 aliphatic heterocycles. The van der Waals surface area contributed by atoms with Crippen LogP contribution in [0.25, 0.3) is 0 Å². The zero-order valence-electron chi connectivity index (χ0n) is 6.32. The second kappa shape index (κ2) is 4.23. The van der Waals surface area contributed by atoms with Gasteiger partial charge in [0, 0.05) is 17.9 Å². The molecule has 0 bridgehead atoms. The number of allylic oxidation sites excluding steroid dienone is 1. The Morgan fingerprint density at radius 1 is 1.70 bits per heavy atom. The van der Waals surface area contributed by atoms with Crippen molar-refractivity contribution >= 4 is 11.6 Å². The van der Waals surface area contributed by atoms with E-state index in [2.05, 4.69) is 11.9 Å². The van der Waals surface area contributed by atoms with Crippen LogP contribution >= 0.6 is 11.6 Å². The van der Waals surface area contributed by atoms with Gasteiger partial charge in [0.15, 0.2) is 0 Å². The lowest BCUT2D eigenvalue weighted by Gasteiger charge is -2.04. The van der Waals surface area contributed by atoms with E-state index in [1.165, 1.54) is 0 Å². The van der Waals surface area contributed by atoms with E-state index in [4.69, 9.17) is 17.3 Å². The van der Waals surface area contributed by atoms with Crippen molar-refractivity contribution in [2.24, 2.45) is 5.73 Å². The minimum Gasteiger partial charge on any atom is -0.398 e. The maximum atomic E-state index is 5.63. The van der Waals surface area contributed by atoms with Crippen LogP contribution in [-0.2, 0) is 0 Å². The van der Waals surface area contributed by atoms with Crippen molar-refractivity contribution < 1.29 is 0 Å². The minimum atomic E-state index is 0.369. The minimum absolute atomic E-state index is 0.369. The standard InChI is InChI=1S/C7H13ClN2/c1-5(2)10-4-7(8)6(3)9/h4-5,10H,3,9H2,1-2H3/b7-4+. The van der Waals surface area contributed by atoms with Gasteiger partial charge in [-0.05, 0) is 13.8 Å². The van der Waals surface area contributed by atoms with E-state index in [9.17, 15) is 0 Å². The molecule has 0 heterocycles. The lowest BCUT2D eigenvalue weighted by atomic mass is 10.4. The Morgan fingerprint density at radius 2 is 2.20 bits per heavy atom. The average Bonchev–Trinajstić information content (AvgIpc) is 1.82. The summed E-state index contributed by atoms with van der Waals surface area (Å²) in [6.07, 6.45) is 1.65. The van der Waals surface area contributed by atoms with Crippen LogP contribution < -0.4 is 11.1 Å². The van der Waals surface area contributed by atoms with Gasteiger partial charge < -0.3 is 11.1 Å². The molecule has 0 saturated carbocycles. The molecule has 3 heteroatoms. The molecule has 0 radical (unpaired) electrons. The highest BCUT2D eigenvalue weighted by atomic mass is 35.5. The van der Waals surface area contributed by atoms with E-state index in [1.807, 2.05) is 13.8 Å². The lowest BCUT2D eigenvalue weighted by Crippen LogP contribution is -2.16. The summed E-state index contributed by atoms with van der Waals surface area (Å²) in [6.45, 7) is 7.50. The SMILES string of the molecule is C=C(N)/C(Cl)=C\NC(C)C. The van der Waals surface area contributed by atoms with E-state index in [-0.39, 0.29) is 0 Å². The number of rotatable bonds is 3. The van der Waals surface area contributed by atoms with E-state index < -0.39 is 0 Å². The normalized spacial score (nSPS) is 11.8. The maximum Gasteiger partial charge on any atom is 0.0785 e. The van der Waals surface area contributed by atoms with Crippen LogP contribution in [0.2, 0.25) is 0 Å². The fraction of sp³-hybridized carbons (Fsp3) is 0.429. The third kappa shape index (κ3) is 4.27. The number of hydrogen-bond donors (Lipinski definition) is 2. The molecule has 0 atom stereocenters. The summed E-state index contributed by atoms with van der Waals surface area (Å²) in [5.41, 5.74) is 5.67. The van der Waals surface area contributed by atoms with Gasteiger partial charge in [0.1, 0.15) is 0 Å². The zero-order valence-corrected chi connectivity index (χ0v) is 7.07. The number of hydrogen-bond acceptors (Lipinski definition) is 2. The second-order valence-corrected chi connectivity index (χ2v) is 2.75. The van der Waals surface area contributed by atoms with Crippen LogP contribution in [0, 0.1) is 0 Å². The molecule has 10 heavy (non-hydrogen) atoms. The summed E-state index contributed by atoms with van der Waals surface area (Å²) < 4.78 is 0. The van der Waals surface area contributed by atoms with Crippen molar-refractivity contribution in [2.75, 3.05) is 0 Å². The predicted octanol–water partition coefficient (Wildman–Crippen LogP) is 1.54. The molecule has 0 unspecified atom stereocenters. The highest BCUT2D eigenvalue weighted by Crippen LogP contribution is 2.04. The third-order valence-corrected chi connectivity index (χ3v) is 1.20. The lowest BCUT2D eigenvalue weighted by molar-refractivity contribution is 0.701. The molecular weight excluding hydrogens is 148 g/mol. The Labute approximate surface area is 66.7 Å². The summed E-state index contributed by atoms with van der Waals surface area (Å²) in [7, 11) is 0. The molecule has 0 aliphatic rings. The molecule has 3 N–H and O–H groups in total. The van der Waals surface area contributed by atoms with Crippen molar-refractivity contribution in [3.8, 4) is 0 Å². The first-order chi connectivity index (χ1) is 4.54. The molecule has 0 saturated heterocycles. The molecule has 0 aliphatic carbocycles. The Bertz CT molecular complexity index is 150. The van der Waals surface area contributed by atoms with Crippen molar-refractivity contribution in [1.29, 1.82) is 0 Å². The van der Waals surface area contributed by atoms with Gasteiger partial charge >= 0.3 is 0 Å². The fourth-order valence-corrected chi connectivity index (χ4v) is 0.396. The van der Waals surface area contributed by atoms with Crippen molar-refractivity contribution in [2.45, 2.75) is 19.9 Å². The monoisotopic (exact) mass is 160 g/mol. The first kappa shape index (κ1) is 9.37. The summed E-state index contributed by atoms with van der Waals surface area (Å²) in [5, 5.41) is 3.46. The molecule has 0 rings (SSSR count). The Hall–Kier alpha value is -0.630. The van der Waals surface area contributed by atoms with Crippen LogP contribution in [0.5, 0.6) is 0 Å².